The highest BCUT2D eigenvalue weighted by Crippen LogP contribution is 2.28. The summed E-state index contributed by atoms with van der Waals surface area (Å²) in [6, 6.07) is 18.9. The van der Waals surface area contributed by atoms with Crippen LogP contribution in [0.1, 0.15) is 31.4 Å². The second kappa shape index (κ2) is 13.1. The number of hydrogen-bond donors (Lipinski definition) is 1. The van der Waals surface area contributed by atoms with Crippen molar-refractivity contribution in [3.63, 3.8) is 0 Å². The topological polar surface area (TPSA) is 86.8 Å². The average molecular weight is 577 g/mol. The van der Waals surface area contributed by atoms with Crippen molar-refractivity contribution in [2.24, 2.45) is 0 Å². The molecule has 0 fully saturated rings. The molecule has 2 amide bonds. The Morgan fingerprint density at radius 3 is 2.18 bits per heavy atom. The summed E-state index contributed by atoms with van der Waals surface area (Å²) in [7, 11) is -4.14. The van der Waals surface area contributed by atoms with Crippen LogP contribution in [0.3, 0.4) is 0 Å². The van der Waals surface area contributed by atoms with E-state index in [9.17, 15) is 18.0 Å². The zero-order valence-corrected chi connectivity index (χ0v) is 23.9. The van der Waals surface area contributed by atoms with Crippen LogP contribution in [-0.4, -0.2) is 44.3 Å². The van der Waals surface area contributed by atoms with Crippen LogP contribution in [0.4, 0.5) is 5.69 Å². The second-order valence-corrected chi connectivity index (χ2v) is 11.4. The number of carbonyl (C=O) groups is 2. The average Bonchev–Trinajstić information content (AvgIpc) is 2.90. The third-order valence-electron chi connectivity index (χ3n) is 6.06. The molecule has 1 N–H and O–H groups in total. The molecular formula is C28H31Cl2N3O4S. The van der Waals surface area contributed by atoms with Gasteiger partial charge >= 0.3 is 0 Å². The lowest BCUT2D eigenvalue weighted by molar-refractivity contribution is -0.140. The van der Waals surface area contributed by atoms with Crippen molar-refractivity contribution in [1.29, 1.82) is 0 Å². The van der Waals surface area contributed by atoms with Gasteiger partial charge in [-0.15, -0.1) is 0 Å². The summed E-state index contributed by atoms with van der Waals surface area (Å²) in [6.07, 6.45) is 0.340. The Bertz CT molecular complexity index is 1370. The van der Waals surface area contributed by atoms with Gasteiger partial charge in [-0.3, -0.25) is 13.9 Å². The van der Waals surface area contributed by atoms with Crippen molar-refractivity contribution < 1.29 is 18.0 Å². The van der Waals surface area contributed by atoms with Crippen LogP contribution in [0.15, 0.2) is 77.7 Å². The largest absolute Gasteiger partial charge is 0.355 e. The molecule has 0 saturated carbocycles. The minimum absolute atomic E-state index is 0.0320. The molecule has 202 valence electrons. The van der Waals surface area contributed by atoms with Crippen LogP contribution in [0.25, 0.3) is 0 Å². The standard InChI is InChI=1S/C28H31Cl2N3O4S/c1-4-26(28(35)31-5-2)32(18-21-12-14-22(29)15-13-21)27(34)19-33(23-16-11-20(3)25(30)17-23)38(36,37)24-9-7-6-8-10-24/h6-17,26H,4-5,18-19H2,1-3H3,(H,31,35)/t26-/m1/s1. The first-order valence-electron chi connectivity index (χ1n) is 12.2. The van der Waals surface area contributed by atoms with E-state index in [-0.39, 0.29) is 23.0 Å². The highest BCUT2D eigenvalue weighted by atomic mass is 35.5. The van der Waals surface area contributed by atoms with Crippen molar-refractivity contribution in [2.75, 3.05) is 17.4 Å². The Morgan fingerprint density at radius 1 is 0.947 bits per heavy atom. The smallest absolute Gasteiger partial charge is 0.264 e. The van der Waals surface area contributed by atoms with Crippen molar-refractivity contribution in [3.05, 3.63) is 94.0 Å². The molecule has 0 bridgehead atoms. The third-order valence-corrected chi connectivity index (χ3v) is 8.50. The summed E-state index contributed by atoms with van der Waals surface area (Å²) in [4.78, 5) is 28.3. The lowest BCUT2D eigenvalue weighted by atomic mass is 10.1. The summed E-state index contributed by atoms with van der Waals surface area (Å²) in [5.74, 6) is -0.845. The SMILES string of the molecule is CCNC(=O)[C@@H](CC)N(Cc1ccc(Cl)cc1)C(=O)CN(c1ccc(C)c(Cl)c1)S(=O)(=O)c1ccccc1. The Kier molecular flexibility index (Phi) is 10.2. The molecule has 10 heteroatoms. The maximum Gasteiger partial charge on any atom is 0.264 e. The highest BCUT2D eigenvalue weighted by molar-refractivity contribution is 7.92. The molecule has 0 heterocycles. The fraction of sp³-hybridized carbons (Fsp3) is 0.286. The first-order chi connectivity index (χ1) is 18.1. The van der Waals surface area contributed by atoms with Gasteiger partial charge in [0.25, 0.3) is 10.0 Å². The monoisotopic (exact) mass is 575 g/mol. The molecule has 0 aliphatic heterocycles. The Labute approximate surface area is 234 Å². The number of anilines is 1. The van der Waals surface area contributed by atoms with Gasteiger partial charge in [0.05, 0.1) is 10.6 Å². The van der Waals surface area contributed by atoms with Gasteiger partial charge in [-0.25, -0.2) is 8.42 Å². The molecule has 3 rings (SSSR count). The molecule has 0 aromatic heterocycles. The molecule has 0 radical (unpaired) electrons. The molecule has 1 atom stereocenters. The van der Waals surface area contributed by atoms with E-state index in [2.05, 4.69) is 5.32 Å². The van der Waals surface area contributed by atoms with Gasteiger partial charge in [0.15, 0.2) is 0 Å². The number of likely N-dealkylation sites (N-methyl/N-ethyl adjacent to an activating group) is 1. The normalized spacial score (nSPS) is 12.0. The van der Waals surface area contributed by atoms with Crippen molar-refractivity contribution in [2.45, 2.75) is 44.7 Å². The number of amides is 2. The molecule has 7 nitrogen and oxygen atoms in total. The van der Waals surface area contributed by atoms with Crippen LogP contribution in [0, 0.1) is 6.92 Å². The third kappa shape index (κ3) is 7.07. The first kappa shape index (κ1) is 29.5. The number of halogens is 2. The molecule has 0 spiro atoms. The summed E-state index contributed by atoms with van der Waals surface area (Å²) >= 11 is 12.4. The lowest BCUT2D eigenvalue weighted by Crippen LogP contribution is -2.52. The van der Waals surface area contributed by atoms with E-state index < -0.39 is 28.5 Å². The Balaban J connectivity index is 2.06. The van der Waals surface area contributed by atoms with Gasteiger partial charge in [-0.05, 0) is 67.8 Å². The number of rotatable bonds is 11. The minimum atomic E-state index is -4.14. The first-order valence-corrected chi connectivity index (χ1v) is 14.4. The van der Waals surface area contributed by atoms with E-state index in [1.165, 1.54) is 23.1 Å². The minimum Gasteiger partial charge on any atom is -0.355 e. The Hall–Kier alpha value is -3.07. The van der Waals surface area contributed by atoms with Crippen molar-refractivity contribution in [1.82, 2.24) is 10.2 Å². The fourth-order valence-corrected chi connectivity index (χ4v) is 5.71. The van der Waals surface area contributed by atoms with E-state index in [0.29, 0.717) is 23.0 Å². The summed E-state index contributed by atoms with van der Waals surface area (Å²) in [5.41, 5.74) is 1.77. The number of aryl methyl sites for hydroxylation is 1. The zero-order chi connectivity index (χ0) is 27.9. The van der Waals surface area contributed by atoms with E-state index in [1.54, 1.807) is 75.4 Å². The molecule has 3 aromatic rings. The maximum atomic E-state index is 13.9. The summed E-state index contributed by atoms with van der Waals surface area (Å²) < 4.78 is 28.6. The van der Waals surface area contributed by atoms with Gasteiger partial charge in [-0.2, -0.15) is 0 Å². The molecule has 0 aliphatic carbocycles. The van der Waals surface area contributed by atoms with Crippen LogP contribution >= 0.6 is 23.2 Å². The maximum absolute atomic E-state index is 13.9. The molecule has 0 unspecified atom stereocenters. The van der Waals surface area contributed by atoms with Gasteiger partial charge in [0.2, 0.25) is 11.8 Å². The van der Waals surface area contributed by atoms with Gasteiger partial charge in [-0.1, -0.05) is 66.5 Å². The zero-order valence-electron chi connectivity index (χ0n) is 21.5. The van der Waals surface area contributed by atoms with E-state index in [4.69, 9.17) is 23.2 Å². The lowest BCUT2D eigenvalue weighted by Gasteiger charge is -2.33. The van der Waals surface area contributed by atoms with Crippen LogP contribution in [-0.2, 0) is 26.2 Å². The second-order valence-electron chi connectivity index (χ2n) is 8.72. The van der Waals surface area contributed by atoms with Crippen molar-refractivity contribution >= 4 is 50.7 Å². The van der Waals surface area contributed by atoms with Crippen molar-refractivity contribution in [3.8, 4) is 0 Å². The number of sulfonamides is 1. The molecule has 0 saturated heterocycles. The molecular weight excluding hydrogens is 545 g/mol. The van der Waals surface area contributed by atoms with E-state index >= 15 is 0 Å². The summed E-state index contributed by atoms with van der Waals surface area (Å²) in [6.45, 7) is 5.37. The molecule has 0 aliphatic rings. The Morgan fingerprint density at radius 2 is 1.61 bits per heavy atom. The van der Waals surface area contributed by atoms with Gasteiger partial charge < -0.3 is 10.2 Å². The van der Waals surface area contributed by atoms with E-state index in [1.807, 2.05) is 0 Å². The van der Waals surface area contributed by atoms with E-state index in [0.717, 1.165) is 15.4 Å². The molecule has 3 aromatic carbocycles. The molecule has 38 heavy (non-hydrogen) atoms. The quantitative estimate of drug-likeness (QED) is 0.330. The number of benzene rings is 3. The number of hydrogen-bond acceptors (Lipinski definition) is 4. The van der Waals surface area contributed by atoms with Crippen LogP contribution in [0.2, 0.25) is 10.0 Å². The predicted octanol–water partition coefficient (Wildman–Crippen LogP) is 5.44. The number of nitrogens with zero attached hydrogens (tertiary/aromatic N) is 2. The van der Waals surface area contributed by atoms with Crippen LogP contribution < -0.4 is 9.62 Å². The predicted molar refractivity (Wildman–Crippen MR) is 152 cm³/mol. The van der Waals surface area contributed by atoms with Gasteiger partial charge in [0, 0.05) is 23.1 Å². The fourth-order valence-electron chi connectivity index (χ4n) is 3.98. The number of nitrogens with one attached hydrogen (secondary N) is 1. The summed E-state index contributed by atoms with van der Waals surface area (Å²) in [5, 5.41) is 3.69. The van der Waals surface area contributed by atoms with Gasteiger partial charge in [0.1, 0.15) is 12.6 Å². The number of carbonyl (C=O) groups excluding carboxylic acids is 2. The van der Waals surface area contributed by atoms with Crippen LogP contribution in [0.5, 0.6) is 0 Å². The highest BCUT2D eigenvalue weighted by Gasteiger charge is 2.33.